The maximum Gasteiger partial charge on any atom is 0.337 e. The summed E-state index contributed by atoms with van der Waals surface area (Å²) >= 11 is 2.92. The Morgan fingerprint density at radius 1 is 1.35 bits per heavy atom. The first kappa shape index (κ1) is 26.5. The molecule has 0 radical (unpaired) electrons. The van der Waals surface area contributed by atoms with E-state index in [2.05, 4.69) is 39.6 Å². The number of hydrogen-bond donors (Lipinski definition) is 1. The molecular weight excluding hydrogens is 468 g/mol. The number of ether oxygens (including phenoxy) is 1. The molecule has 3 atom stereocenters. The van der Waals surface area contributed by atoms with Crippen molar-refractivity contribution in [3.63, 3.8) is 0 Å². The fourth-order valence-electron chi connectivity index (χ4n) is 5.19. The third-order valence-corrected chi connectivity index (χ3v) is 8.20. The molecule has 6 nitrogen and oxygen atoms in total. The molecule has 1 fully saturated rings. The van der Waals surface area contributed by atoms with Gasteiger partial charge in [-0.3, -0.25) is 4.79 Å². The van der Waals surface area contributed by atoms with E-state index >= 15 is 0 Å². The molecule has 3 rings (SSSR count). The van der Waals surface area contributed by atoms with Crippen molar-refractivity contribution >= 4 is 35.0 Å². The summed E-state index contributed by atoms with van der Waals surface area (Å²) in [6.07, 6.45) is 4.97. The minimum absolute atomic E-state index is 0.157. The molecule has 1 aliphatic heterocycles. The van der Waals surface area contributed by atoms with Crippen LogP contribution >= 0.6 is 23.1 Å². The number of amides is 1. The van der Waals surface area contributed by atoms with Crippen LogP contribution in [0, 0.1) is 11.8 Å². The average Bonchev–Trinajstić information content (AvgIpc) is 3.39. The van der Waals surface area contributed by atoms with E-state index < -0.39 is 11.5 Å². The van der Waals surface area contributed by atoms with Gasteiger partial charge in [0.1, 0.15) is 10.8 Å². The Labute approximate surface area is 211 Å². The van der Waals surface area contributed by atoms with Crippen LogP contribution in [0.1, 0.15) is 68.4 Å². The number of carboxylic acid groups (broad SMARTS) is 1. The van der Waals surface area contributed by atoms with Gasteiger partial charge in [-0.1, -0.05) is 40.7 Å². The number of thiazole rings is 1. The highest BCUT2D eigenvalue weighted by atomic mass is 32.2. The molecule has 0 spiro atoms. The Balaban J connectivity index is 2.21. The lowest BCUT2D eigenvalue weighted by molar-refractivity contribution is -0.151. The lowest BCUT2D eigenvalue weighted by Gasteiger charge is -2.39. The minimum atomic E-state index is -1.50. The van der Waals surface area contributed by atoms with Crippen molar-refractivity contribution in [2.75, 3.05) is 19.1 Å². The van der Waals surface area contributed by atoms with Crippen LogP contribution < -0.4 is 4.74 Å². The quantitative estimate of drug-likeness (QED) is 0.499. The van der Waals surface area contributed by atoms with Gasteiger partial charge in [-0.25, -0.2) is 9.78 Å². The van der Waals surface area contributed by atoms with Crippen molar-refractivity contribution in [3.8, 4) is 5.75 Å². The highest BCUT2D eigenvalue weighted by molar-refractivity contribution is 7.98. The van der Waals surface area contributed by atoms with Crippen molar-refractivity contribution in [2.24, 2.45) is 11.8 Å². The van der Waals surface area contributed by atoms with Crippen molar-refractivity contribution in [2.45, 2.75) is 64.5 Å². The van der Waals surface area contributed by atoms with Crippen LogP contribution in [-0.4, -0.2) is 52.0 Å². The topological polar surface area (TPSA) is 79.7 Å². The molecule has 1 aromatic heterocycles. The summed E-state index contributed by atoms with van der Waals surface area (Å²) in [7, 11) is 1.60. The first-order chi connectivity index (χ1) is 16.0. The summed E-state index contributed by atoms with van der Waals surface area (Å²) < 4.78 is 5.65. The SMILES string of the molecule is COc1cc(C(=O)N2[C@@H](CC(C)C)C[C@@H](CSC)[C@@]2(C(=O)O)c2nccs2)ccc1C(C)(C)C. The van der Waals surface area contributed by atoms with Crippen LogP contribution in [0.2, 0.25) is 0 Å². The number of benzene rings is 1. The average molecular weight is 505 g/mol. The zero-order valence-electron chi connectivity index (χ0n) is 21.1. The second kappa shape index (κ2) is 10.3. The Morgan fingerprint density at radius 2 is 2.06 bits per heavy atom. The number of rotatable bonds is 8. The van der Waals surface area contributed by atoms with Crippen LogP contribution in [0.4, 0.5) is 0 Å². The normalized spacial score (nSPS) is 22.9. The first-order valence-corrected chi connectivity index (χ1v) is 13.9. The van der Waals surface area contributed by atoms with Gasteiger partial charge in [0.05, 0.1) is 7.11 Å². The molecule has 0 aliphatic carbocycles. The number of hydrogen-bond acceptors (Lipinski definition) is 6. The fourth-order valence-corrected chi connectivity index (χ4v) is 6.88. The molecule has 0 saturated carbocycles. The Kier molecular flexibility index (Phi) is 8.03. The number of thioether (sulfide) groups is 1. The number of aliphatic carboxylic acids is 1. The second-order valence-corrected chi connectivity index (χ2v) is 12.2. The molecule has 1 amide bonds. The van der Waals surface area contributed by atoms with Crippen molar-refractivity contribution in [1.82, 2.24) is 9.88 Å². The maximum atomic E-state index is 14.2. The monoisotopic (exact) mass is 504 g/mol. The molecule has 1 aliphatic rings. The molecule has 1 aromatic carbocycles. The van der Waals surface area contributed by atoms with E-state index in [4.69, 9.17) is 4.74 Å². The fraction of sp³-hybridized carbons (Fsp3) is 0.577. The molecule has 2 aromatic rings. The number of aromatic nitrogens is 1. The molecular formula is C26H36N2O4S2. The molecule has 186 valence electrons. The van der Waals surface area contributed by atoms with Crippen LogP contribution in [0.5, 0.6) is 5.75 Å². The molecule has 34 heavy (non-hydrogen) atoms. The molecule has 8 heteroatoms. The number of nitrogens with zero attached hydrogens (tertiary/aromatic N) is 2. The third-order valence-electron chi connectivity index (χ3n) is 6.56. The lowest BCUT2D eigenvalue weighted by Crippen LogP contribution is -2.56. The first-order valence-electron chi connectivity index (χ1n) is 11.6. The molecule has 2 heterocycles. The van der Waals surface area contributed by atoms with Crippen LogP contribution in [0.25, 0.3) is 0 Å². The van der Waals surface area contributed by atoms with E-state index in [1.807, 2.05) is 12.3 Å². The van der Waals surface area contributed by atoms with E-state index in [1.54, 1.807) is 47.5 Å². The van der Waals surface area contributed by atoms with E-state index in [-0.39, 0.29) is 23.3 Å². The predicted octanol–water partition coefficient (Wildman–Crippen LogP) is 5.67. The molecule has 1 saturated heterocycles. The van der Waals surface area contributed by atoms with Crippen molar-refractivity contribution < 1.29 is 19.4 Å². The Hall–Kier alpha value is -2.06. The van der Waals surface area contributed by atoms with Crippen LogP contribution in [-0.2, 0) is 15.7 Å². The van der Waals surface area contributed by atoms with Crippen molar-refractivity contribution in [1.29, 1.82) is 0 Å². The summed E-state index contributed by atoms with van der Waals surface area (Å²) in [6.45, 7) is 10.5. The van der Waals surface area contributed by atoms with Crippen LogP contribution in [0.15, 0.2) is 29.8 Å². The molecule has 0 bridgehead atoms. The number of carbonyl (C=O) groups is 2. The highest BCUT2D eigenvalue weighted by Crippen LogP contribution is 2.51. The Morgan fingerprint density at radius 3 is 2.56 bits per heavy atom. The Bertz CT molecular complexity index is 1020. The lowest BCUT2D eigenvalue weighted by atomic mass is 9.84. The minimum Gasteiger partial charge on any atom is -0.496 e. The largest absolute Gasteiger partial charge is 0.496 e. The second-order valence-electron chi connectivity index (χ2n) is 10.4. The van der Waals surface area contributed by atoms with Crippen LogP contribution in [0.3, 0.4) is 0 Å². The third kappa shape index (κ3) is 4.71. The van der Waals surface area contributed by atoms with Gasteiger partial charge >= 0.3 is 5.97 Å². The van der Waals surface area contributed by atoms with Gasteiger partial charge in [0.25, 0.3) is 5.91 Å². The summed E-state index contributed by atoms with van der Waals surface area (Å²) in [6, 6.07) is 5.28. The van der Waals surface area contributed by atoms with Crippen molar-refractivity contribution in [3.05, 3.63) is 45.9 Å². The summed E-state index contributed by atoms with van der Waals surface area (Å²) in [4.78, 5) is 33.4. The van der Waals surface area contributed by atoms with E-state index in [0.29, 0.717) is 34.4 Å². The smallest absolute Gasteiger partial charge is 0.337 e. The van der Waals surface area contributed by atoms with Gasteiger partial charge < -0.3 is 14.7 Å². The standard InChI is InChI=1S/C26H36N2O4S2/c1-16(2)12-19-14-18(15-33-7)26(24(30)31,23-27-10-11-34-23)28(19)22(29)17-8-9-20(25(3,4)5)21(13-17)32-6/h8-11,13,16,18-19H,12,14-15H2,1-7H3,(H,30,31)/t18-,19-,26-/m0/s1. The van der Waals surface area contributed by atoms with E-state index in [0.717, 1.165) is 12.0 Å². The summed E-state index contributed by atoms with van der Waals surface area (Å²) in [5.74, 6) is 0.0404. The highest BCUT2D eigenvalue weighted by Gasteiger charge is 2.62. The summed E-state index contributed by atoms with van der Waals surface area (Å²) in [5.41, 5.74) is -0.221. The van der Waals surface area contributed by atoms with Gasteiger partial charge in [0.2, 0.25) is 0 Å². The summed E-state index contributed by atoms with van der Waals surface area (Å²) in [5, 5.41) is 13.0. The van der Waals surface area contributed by atoms with Gasteiger partial charge in [0.15, 0.2) is 5.54 Å². The molecule has 1 N–H and O–H groups in total. The number of methoxy groups -OCH3 is 1. The zero-order chi connectivity index (χ0) is 25.3. The van der Waals surface area contributed by atoms with E-state index in [1.165, 1.54) is 11.3 Å². The van der Waals surface area contributed by atoms with Gasteiger partial charge in [0, 0.05) is 29.1 Å². The zero-order valence-corrected chi connectivity index (χ0v) is 22.8. The maximum absolute atomic E-state index is 14.2. The van der Waals surface area contributed by atoms with Gasteiger partial charge in [-0.2, -0.15) is 11.8 Å². The number of carbonyl (C=O) groups excluding carboxylic acids is 1. The molecule has 0 unspecified atom stereocenters. The number of likely N-dealkylation sites (tertiary alicyclic amines) is 1. The van der Waals surface area contributed by atoms with Gasteiger partial charge in [-0.15, -0.1) is 11.3 Å². The van der Waals surface area contributed by atoms with Gasteiger partial charge in [-0.05, 0) is 53.9 Å². The van der Waals surface area contributed by atoms with E-state index in [9.17, 15) is 14.7 Å². The number of carboxylic acids is 1. The predicted molar refractivity (Wildman–Crippen MR) is 139 cm³/mol.